The largest absolute Gasteiger partial charge is 0.393 e. The normalized spacial score (nSPS) is 18.0. The fourth-order valence-corrected chi connectivity index (χ4v) is 2.85. The summed E-state index contributed by atoms with van der Waals surface area (Å²) >= 11 is 0. The monoisotopic (exact) mass is 297 g/mol. The number of hydrogen-bond donors (Lipinski definition) is 1. The molecule has 2 rings (SSSR count). The first kappa shape index (κ1) is 15.9. The average molecular weight is 297 g/mol. The van der Waals surface area contributed by atoms with Crippen LogP contribution in [0.5, 0.6) is 0 Å². The number of halogens is 2. The smallest absolute Gasteiger partial charge is 0.233 e. The van der Waals surface area contributed by atoms with Crippen molar-refractivity contribution >= 4 is 5.91 Å². The highest BCUT2D eigenvalue weighted by Gasteiger charge is 2.48. The molecule has 1 amide bonds. The number of benzene rings is 1. The van der Waals surface area contributed by atoms with Gasteiger partial charge in [0.1, 0.15) is 11.6 Å². The van der Waals surface area contributed by atoms with Crippen molar-refractivity contribution in [1.29, 1.82) is 0 Å². The molecule has 0 bridgehead atoms. The fraction of sp³-hybridized carbons (Fsp3) is 0.562. The number of carbonyl (C=O) groups is 1. The van der Waals surface area contributed by atoms with Crippen LogP contribution in [0.2, 0.25) is 0 Å². The van der Waals surface area contributed by atoms with E-state index in [9.17, 15) is 18.7 Å². The van der Waals surface area contributed by atoms with Crippen molar-refractivity contribution in [2.45, 2.75) is 44.1 Å². The van der Waals surface area contributed by atoms with Gasteiger partial charge in [0.25, 0.3) is 0 Å². The number of aliphatic hydroxyl groups excluding tert-OH is 1. The molecule has 1 aromatic rings. The lowest BCUT2D eigenvalue weighted by atomic mass is 9.63. The Morgan fingerprint density at radius 1 is 1.43 bits per heavy atom. The van der Waals surface area contributed by atoms with E-state index in [0.717, 1.165) is 12.5 Å². The molecule has 1 N–H and O–H groups in total. The first-order chi connectivity index (χ1) is 9.86. The van der Waals surface area contributed by atoms with Gasteiger partial charge < -0.3 is 10.0 Å². The molecule has 5 heteroatoms. The SMILES string of the molecule is CC(O)CCN(C)C(=O)C1(c2ccc(F)cc2F)CCC1. The molecule has 1 atom stereocenters. The second-order valence-corrected chi connectivity index (χ2v) is 5.92. The van der Waals surface area contributed by atoms with Gasteiger partial charge in [-0.3, -0.25) is 4.79 Å². The van der Waals surface area contributed by atoms with Crippen LogP contribution in [0.4, 0.5) is 8.78 Å². The van der Waals surface area contributed by atoms with Gasteiger partial charge in [-0.25, -0.2) is 8.78 Å². The van der Waals surface area contributed by atoms with Crippen molar-refractivity contribution in [2.24, 2.45) is 0 Å². The predicted octanol–water partition coefficient (Wildman–Crippen LogP) is 2.62. The molecule has 0 spiro atoms. The third-order valence-corrected chi connectivity index (χ3v) is 4.29. The Balaban J connectivity index is 2.22. The predicted molar refractivity (Wildman–Crippen MR) is 75.8 cm³/mol. The van der Waals surface area contributed by atoms with Gasteiger partial charge in [-0.05, 0) is 32.3 Å². The number of amides is 1. The third kappa shape index (κ3) is 3.07. The molecule has 21 heavy (non-hydrogen) atoms. The van der Waals surface area contributed by atoms with Crippen LogP contribution >= 0.6 is 0 Å². The van der Waals surface area contributed by atoms with Gasteiger partial charge in [-0.15, -0.1) is 0 Å². The highest BCUT2D eigenvalue weighted by Crippen LogP contribution is 2.46. The molecule has 0 saturated heterocycles. The molecule has 1 aromatic carbocycles. The van der Waals surface area contributed by atoms with Crippen LogP contribution in [0.3, 0.4) is 0 Å². The zero-order chi connectivity index (χ0) is 15.6. The van der Waals surface area contributed by atoms with E-state index < -0.39 is 23.2 Å². The fourth-order valence-electron chi connectivity index (χ4n) is 2.85. The molecule has 0 heterocycles. The number of carbonyl (C=O) groups excluding carboxylic acids is 1. The van der Waals surface area contributed by atoms with Crippen LogP contribution < -0.4 is 0 Å². The minimum atomic E-state index is -0.870. The van der Waals surface area contributed by atoms with Crippen LogP contribution in [0.15, 0.2) is 18.2 Å². The van der Waals surface area contributed by atoms with Crippen LogP contribution in [0.25, 0.3) is 0 Å². The third-order valence-electron chi connectivity index (χ3n) is 4.29. The summed E-state index contributed by atoms with van der Waals surface area (Å²) in [7, 11) is 1.66. The van der Waals surface area contributed by atoms with Gasteiger partial charge in [0.2, 0.25) is 5.91 Å². The van der Waals surface area contributed by atoms with Crippen molar-refractivity contribution in [2.75, 3.05) is 13.6 Å². The second-order valence-electron chi connectivity index (χ2n) is 5.92. The zero-order valence-corrected chi connectivity index (χ0v) is 12.4. The lowest BCUT2D eigenvalue weighted by molar-refractivity contribution is -0.140. The Kier molecular flexibility index (Phi) is 4.61. The van der Waals surface area contributed by atoms with Crippen LogP contribution in [-0.4, -0.2) is 35.6 Å². The number of hydrogen-bond acceptors (Lipinski definition) is 2. The Labute approximate surface area is 123 Å². The van der Waals surface area contributed by atoms with Crippen molar-refractivity contribution < 1.29 is 18.7 Å². The van der Waals surface area contributed by atoms with Gasteiger partial charge in [-0.2, -0.15) is 0 Å². The van der Waals surface area contributed by atoms with Crippen molar-refractivity contribution in [3.8, 4) is 0 Å². The first-order valence-electron chi connectivity index (χ1n) is 7.26. The van der Waals surface area contributed by atoms with Crippen molar-refractivity contribution in [1.82, 2.24) is 4.90 Å². The molecule has 116 valence electrons. The van der Waals surface area contributed by atoms with E-state index in [4.69, 9.17) is 0 Å². The summed E-state index contributed by atoms with van der Waals surface area (Å²) in [6.45, 7) is 2.08. The summed E-state index contributed by atoms with van der Waals surface area (Å²) in [6.07, 6.45) is 2.00. The standard InChI is InChI=1S/C16H21F2NO2/c1-11(20)6-9-19(2)15(21)16(7-3-8-16)13-5-4-12(17)10-14(13)18/h4-5,10-11,20H,3,6-9H2,1-2H3. The Morgan fingerprint density at radius 2 is 2.10 bits per heavy atom. The average Bonchev–Trinajstić information content (AvgIpc) is 2.36. The number of likely N-dealkylation sites (N-methyl/N-ethyl adjacent to an activating group) is 1. The maximum atomic E-state index is 14.1. The van der Waals surface area contributed by atoms with E-state index in [-0.39, 0.29) is 11.5 Å². The topological polar surface area (TPSA) is 40.5 Å². The molecule has 1 fully saturated rings. The molecule has 1 saturated carbocycles. The Morgan fingerprint density at radius 3 is 2.57 bits per heavy atom. The first-order valence-corrected chi connectivity index (χ1v) is 7.26. The second kappa shape index (κ2) is 6.10. The van der Waals surface area contributed by atoms with Gasteiger partial charge in [0.05, 0.1) is 11.5 Å². The minimum absolute atomic E-state index is 0.153. The summed E-state index contributed by atoms with van der Waals surface area (Å²) in [5, 5.41) is 9.31. The van der Waals surface area contributed by atoms with Gasteiger partial charge in [0, 0.05) is 25.2 Å². The lowest BCUT2D eigenvalue weighted by Crippen LogP contribution is -2.50. The quantitative estimate of drug-likeness (QED) is 0.907. The van der Waals surface area contributed by atoms with Crippen LogP contribution in [-0.2, 0) is 10.2 Å². The summed E-state index contributed by atoms with van der Waals surface area (Å²) < 4.78 is 27.1. The Bertz CT molecular complexity index is 527. The molecule has 0 aromatic heterocycles. The number of nitrogens with zero attached hydrogens (tertiary/aromatic N) is 1. The van der Waals surface area contributed by atoms with Gasteiger partial charge >= 0.3 is 0 Å². The maximum Gasteiger partial charge on any atom is 0.233 e. The van der Waals surface area contributed by atoms with Crippen molar-refractivity contribution in [3.63, 3.8) is 0 Å². The lowest BCUT2D eigenvalue weighted by Gasteiger charge is -2.43. The number of rotatable bonds is 5. The van der Waals surface area contributed by atoms with Gasteiger partial charge in [0.15, 0.2) is 0 Å². The molecule has 1 aliphatic carbocycles. The molecule has 3 nitrogen and oxygen atoms in total. The van der Waals surface area contributed by atoms with E-state index in [1.807, 2.05) is 0 Å². The van der Waals surface area contributed by atoms with Crippen molar-refractivity contribution in [3.05, 3.63) is 35.4 Å². The van der Waals surface area contributed by atoms with Gasteiger partial charge in [-0.1, -0.05) is 12.5 Å². The summed E-state index contributed by atoms with van der Waals surface area (Å²) in [6, 6.07) is 3.41. The minimum Gasteiger partial charge on any atom is -0.393 e. The number of aliphatic hydroxyl groups is 1. The van der Waals surface area contributed by atoms with E-state index in [1.165, 1.54) is 17.0 Å². The highest BCUT2D eigenvalue weighted by atomic mass is 19.1. The van der Waals surface area contributed by atoms with Crippen LogP contribution in [0.1, 0.15) is 38.2 Å². The summed E-state index contributed by atoms with van der Waals surface area (Å²) in [4.78, 5) is 14.2. The Hall–Kier alpha value is -1.49. The van der Waals surface area contributed by atoms with E-state index in [2.05, 4.69) is 0 Å². The molecule has 0 radical (unpaired) electrons. The molecule has 0 aliphatic heterocycles. The highest BCUT2D eigenvalue weighted by molar-refractivity contribution is 5.89. The molecular formula is C16H21F2NO2. The zero-order valence-electron chi connectivity index (χ0n) is 12.4. The van der Waals surface area contributed by atoms with E-state index in [1.54, 1.807) is 14.0 Å². The van der Waals surface area contributed by atoms with Crippen LogP contribution in [0, 0.1) is 11.6 Å². The summed E-state index contributed by atoms with van der Waals surface area (Å²) in [5.74, 6) is -1.45. The van der Waals surface area contributed by atoms with E-state index >= 15 is 0 Å². The molecule has 1 unspecified atom stereocenters. The molecular weight excluding hydrogens is 276 g/mol. The maximum absolute atomic E-state index is 14.1. The molecule has 1 aliphatic rings. The van der Waals surface area contributed by atoms with E-state index in [0.29, 0.717) is 25.8 Å². The summed E-state index contributed by atoms with van der Waals surface area (Å²) in [5.41, 5.74) is -0.588.